The number of aryl methyl sites for hydroxylation is 1. The molecule has 0 saturated carbocycles. The van der Waals surface area contributed by atoms with E-state index in [2.05, 4.69) is 0 Å². The minimum Gasteiger partial charge on any atom is -0.497 e. The molecular formula is C20H22N2O3. The molecule has 1 heterocycles. The fourth-order valence-corrected chi connectivity index (χ4v) is 3.12. The van der Waals surface area contributed by atoms with Crippen LogP contribution in [0.15, 0.2) is 48.5 Å². The van der Waals surface area contributed by atoms with E-state index in [0.29, 0.717) is 24.4 Å². The Morgan fingerprint density at radius 1 is 1.12 bits per heavy atom. The minimum absolute atomic E-state index is 0.0619. The fourth-order valence-electron chi connectivity index (χ4n) is 3.12. The van der Waals surface area contributed by atoms with E-state index in [1.807, 2.05) is 31.2 Å². The lowest BCUT2D eigenvalue weighted by molar-refractivity contribution is -0.124. The summed E-state index contributed by atoms with van der Waals surface area (Å²) in [4.78, 5) is 29.0. The Labute approximate surface area is 147 Å². The van der Waals surface area contributed by atoms with Crippen LogP contribution < -0.4 is 9.64 Å². The molecule has 0 aliphatic carbocycles. The average molecular weight is 338 g/mol. The van der Waals surface area contributed by atoms with Gasteiger partial charge in [-0.05, 0) is 49.7 Å². The van der Waals surface area contributed by atoms with E-state index in [0.717, 1.165) is 11.3 Å². The molecule has 5 heteroatoms. The number of rotatable bonds is 3. The normalized spacial score (nSPS) is 17.6. The summed E-state index contributed by atoms with van der Waals surface area (Å²) in [7, 11) is 1.57. The minimum atomic E-state index is -0.507. The van der Waals surface area contributed by atoms with Crippen molar-refractivity contribution in [1.82, 2.24) is 4.90 Å². The Morgan fingerprint density at radius 2 is 1.88 bits per heavy atom. The largest absolute Gasteiger partial charge is 0.497 e. The maximum atomic E-state index is 12.8. The summed E-state index contributed by atoms with van der Waals surface area (Å²) in [6.07, 6.45) is 0. The maximum absolute atomic E-state index is 12.8. The van der Waals surface area contributed by atoms with Crippen molar-refractivity contribution < 1.29 is 14.3 Å². The fraction of sp³-hybridized carbons (Fsp3) is 0.300. The molecule has 130 valence electrons. The Balaban J connectivity index is 1.80. The molecule has 2 aromatic carbocycles. The number of hydrogen-bond acceptors (Lipinski definition) is 3. The summed E-state index contributed by atoms with van der Waals surface area (Å²) in [6, 6.07) is 14.4. The summed E-state index contributed by atoms with van der Waals surface area (Å²) in [5, 5.41) is 0. The van der Waals surface area contributed by atoms with Crippen LogP contribution in [0.5, 0.6) is 5.75 Å². The van der Waals surface area contributed by atoms with Crippen LogP contribution in [-0.4, -0.2) is 43.0 Å². The molecule has 1 aliphatic heterocycles. The Bertz CT molecular complexity index is 803. The third-order valence-corrected chi connectivity index (χ3v) is 4.55. The van der Waals surface area contributed by atoms with Crippen LogP contribution >= 0.6 is 0 Å². The van der Waals surface area contributed by atoms with Crippen LogP contribution in [0.1, 0.15) is 22.8 Å². The first-order chi connectivity index (χ1) is 12.0. The van der Waals surface area contributed by atoms with Gasteiger partial charge in [-0.3, -0.25) is 9.59 Å². The molecule has 5 nitrogen and oxygen atoms in total. The van der Waals surface area contributed by atoms with Crippen molar-refractivity contribution in [3.05, 3.63) is 59.7 Å². The highest BCUT2D eigenvalue weighted by atomic mass is 16.5. The van der Waals surface area contributed by atoms with Crippen molar-refractivity contribution in [2.75, 3.05) is 25.1 Å². The van der Waals surface area contributed by atoms with Gasteiger partial charge in [-0.2, -0.15) is 0 Å². The lowest BCUT2D eigenvalue weighted by Gasteiger charge is -2.39. The van der Waals surface area contributed by atoms with Crippen LogP contribution in [0, 0.1) is 6.92 Å². The van der Waals surface area contributed by atoms with Gasteiger partial charge in [0, 0.05) is 24.3 Å². The Hall–Kier alpha value is -2.82. The second-order valence-electron chi connectivity index (χ2n) is 6.24. The van der Waals surface area contributed by atoms with E-state index < -0.39 is 6.04 Å². The zero-order valence-electron chi connectivity index (χ0n) is 14.7. The number of nitrogens with zero attached hydrogens (tertiary/aromatic N) is 2. The van der Waals surface area contributed by atoms with E-state index in [-0.39, 0.29) is 11.8 Å². The molecule has 3 rings (SSSR count). The van der Waals surface area contributed by atoms with E-state index in [1.54, 1.807) is 48.1 Å². The number of hydrogen-bond donors (Lipinski definition) is 0. The molecule has 25 heavy (non-hydrogen) atoms. The number of carbonyl (C=O) groups is 2. The summed E-state index contributed by atoms with van der Waals surface area (Å²) >= 11 is 0. The average Bonchev–Trinajstić information content (AvgIpc) is 2.63. The van der Waals surface area contributed by atoms with Gasteiger partial charge < -0.3 is 14.5 Å². The van der Waals surface area contributed by atoms with Crippen molar-refractivity contribution in [2.45, 2.75) is 19.9 Å². The predicted octanol–water partition coefficient (Wildman–Crippen LogP) is 2.88. The molecule has 0 spiro atoms. The highest BCUT2D eigenvalue weighted by molar-refractivity contribution is 6.03. The van der Waals surface area contributed by atoms with Crippen LogP contribution in [0.4, 0.5) is 5.69 Å². The zero-order chi connectivity index (χ0) is 18.0. The molecule has 0 aromatic heterocycles. The van der Waals surface area contributed by atoms with Gasteiger partial charge in [-0.25, -0.2) is 0 Å². The predicted molar refractivity (Wildman–Crippen MR) is 97.0 cm³/mol. The van der Waals surface area contributed by atoms with Gasteiger partial charge >= 0.3 is 0 Å². The lowest BCUT2D eigenvalue weighted by atomic mass is 10.1. The van der Waals surface area contributed by atoms with Crippen molar-refractivity contribution in [3.8, 4) is 5.75 Å². The molecule has 2 aromatic rings. The Morgan fingerprint density at radius 3 is 2.60 bits per heavy atom. The van der Waals surface area contributed by atoms with Crippen molar-refractivity contribution in [2.24, 2.45) is 0 Å². The maximum Gasteiger partial charge on any atom is 0.254 e. The van der Waals surface area contributed by atoms with Crippen molar-refractivity contribution in [3.63, 3.8) is 0 Å². The highest BCUT2D eigenvalue weighted by Gasteiger charge is 2.35. The molecule has 0 N–H and O–H groups in total. The van der Waals surface area contributed by atoms with Gasteiger partial charge in [-0.1, -0.05) is 18.2 Å². The number of carbonyl (C=O) groups excluding carboxylic acids is 2. The smallest absolute Gasteiger partial charge is 0.254 e. The molecular weight excluding hydrogens is 316 g/mol. The van der Waals surface area contributed by atoms with Crippen LogP contribution in [0.25, 0.3) is 0 Å². The third-order valence-electron chi connectivity index (χ3n) is 4.55. The van der Waals surface area contributed by atoms with E-state index in [9.17, 15) is 9.59 Å². The molecule has 1 aliphatic rings. The van der Waals surface area contributed by atoms with Gasteiger partial charge in [-0.15, -0.1) is 0 Å². The van der Waals surface area contributed by atoms with Gasteiger partial charge in [0.15, 0.2) is 0 Å². The number of anilines is 1. The molecule has 1 fully saturated rings. The summed E-state index contributed by atoms with van der Waals surface area (Å²) < 4.78 is 5.18. The first kappa shape index (κ1) is 17.0. The van der Waals surface area contributed by atoms with Gasteiger partial charge in [0.25, 0.3) is 5.91 Å². The molecule has 0 bridgehead atoms. The standard InChI is InChI=1S/C20H22N2O3/c1-14-6-4-8-17(12-14)22-11-10-21(15(2)19(22)23)20(24)16-7-5-9-18(13-16)25-3/h4-9,12-13,15H,10-11H2,1-3H3. The van der Waals surface area contributed by atoms with Crippen LogP contribution in [-0.2, 0) is 4.79 Å². The Kier molecular flexibility index (Phi) is 4.74. The van der Waals surface area contributed by atoms with Gasteiger partial charge in [0.1, 0.15) is 11.8 Å². The number of amides is 2. The highest BCUT2D eigenvalue weighted by Crippen LogP contribution is 2.23. The van der Waals surface area contributed by atoms with Crippen molar-refractivity contribution >= 4 is 17.5 Å². The molecule has 1 saturated heterocycles. The van der Waals surface area contributed by atoms with Crippen LogP contribution in [0.2, 0.25) is 0 Å². The first-order valence-corrected chi connectivity index (χ1v) is 8.34. The lowest BCUT2D eigenvalue weighted by Crippen LogP contribution is -2.57. The monoisotopic (exact) mass is 338 g/mol. The third kappa shape index (κ3) is 3.36. The number of benzene rings is 2. The second-order valence-corrected chi connectivity index (χ2v) is 6.24. The van der Waals surface area contributed by atoms with Gasteiger partial charge in [0.05, 0.1) is 7.11 Å². The zero-order valence-corrected chi connectivity index (χ0v) is 14.7. The molecule has 0 radical (unpaired) electrons. The van der Waals surface area contributed by atoms with E-state index >= 15 is 0 Å². The number of ether oxygens (including phenoxy) is 1. The van der Waals surface area contributed by atoms with E-state index in [1.165, 1.54) is 0 Å². The SMILES string of the molecule is COc1cccc(C(=O)N2CCN(c3cccc(C)c3)C(=O)C2C)c1. The summed E-state index contributed by atoms with van der Waals surface area (Å²) in [6.45, 7) is 4.77. The second kappa shape index (κ2) is 6.97. The number of piperazine rings is 1. The van der Waals surface area contributed by atoms with Crippen LogP contribution in [0.3, 0.4) is 0 Å². The van der Waals surface area contributed by atoms with Gasteiger partial charge in [0.2, 0.25) is 5.91 Å². The summed E-state index contributed by atoms with van der Waals surface area (Å²) in [5.41, 5.74) is 2.51. The van der Waals surface area contributed by atoms with Crippen molar-refractivity contribution in [1.29, 1.82) is 0 Å². The summed E-state index contributed by atoms with van der Waals surface area (Å²) in [5.74, 6) is 0.417. The quantitative estimate of drug-likeness (QED) is 0.865. The topological polar surface area (TPSA) is 49.9 Å². The first-order valence-electron chi connectivity index (χ1n) is 8.34. The molecule has 2 amide bonds. The molecule has 1 unspecified atom stereocenters. The number of methoxy groups -OCH3 is 1. The van der Waals surface area contributed by atoms with E-state index in [4.69, 9.17) is 4.74 Å². The molecule has 1 atom stereocenters.